The number of carbonyl (C=O) groups excluding carboxylic acids is 1. The Kier molecular flexibility index (Phi) is 5.62. The number of nitrogens with one attached hydrogen (secondary N) is 2. The lowest BCUT2D eigenvalue weighted by atomic mass is 10.2. The van der Waals surface area contributed by atoms with Crippen LogP contribution in [0.2, 0.25) is 0 Å². The fraction of sp³-hybridized carbons (Fsp3) is 0.353. The zero-order chi connectivity index (χ0) is 22.1. The third kappa shape index (κ3) is 4.50. The zero-order valence-corrected chi connectivity index (χ0v) is 15.9. The largest absolute Gasteiger partial charge is 0.494 e. The molecule has 0 spiro atoms. The number of anilines is 2. The molecule has 0 aromatic carbocycles. The Labute approximate surface area is 167 Å². The Morgan fingerprint density at radius 2 is 2.00 bits per heavy atom. The van der Waals surface area contributed by atoms with E-state index in [1.54, 1.807) is 5.32 Å². The van der Waals surface area contributed by atoms with Crippen LogP contribution in [-0.4, -0.2) is 47.9 Å². The Morgan fingerprint density at radius 1 is 1.27 bits per heavy atom. The van der Waals surface area contributed by atoms with Crippen molar-refractivity contribution in [1.29, 1.82) is 0 Å². The second-order valence-corrected chi connectivity index (χ2v) is 6.82. The maximum Gasteiger partial charge on any atom is 0.405 e. The van der Waals surface area contributed by atoms with Crippen molar-refractivity contribution >= 4 is 23.2 Å². The van der Waals surface area contributed by atoms with Gasteiger partial charge in [-0.05, 0) is 5.92 Å². The zero-order valence-electron chi connectivity index (χ0n) is 15.9. The third-order valence-electron chi connectivity index (χ3n) is 3.90. The van der Waals surface area contributed by atoms with E-state index in [0.29, 0.717) is 5.82 Å². The maximum atomic E-state index is 12.7. The molecule has 30 heavy (non-hydrogen) atoms. The second-order valence-electron chi connectivity index (χ2n) is 6.82. The summed E-state index contributed by atoms with van der Waals surface area (Å²) in [5.41, 5.74) is -1.75. The molecule has 1 amide bonds. The van der Waals surface area contributed by atoms with Crippen LogP contribution < -0.4 is 16.2 Å². The van der Waals surface area contributed by atoms with Gasteiger partial charge in [-0.1, -0.05) is 13.8 Å². The summed E-state index contributed by atoms with van der Waals surface area (Å²) in [4.78, 5) is 32.9. The molecule has 3 rings (SSSR count). The molecule has 3 aromatic heterocycles. The van der Waals surface area contributed by atoms with Crippen LogP contribution in [0.1, 0.15) is 24.2 Å². The highest BCUT2D eigenvalue weighted by Crippen LogP contribution is 2.23. The Hall–Kier alpha value is -3.64. The molecule has 0 aliphatic heterocycles. The average Bonchev–Trinajstić information content (AvgIpc) is 3.07. The van der Waals surface area contributed by atoms with Gasteiger partial charge in [-0.2, -0.15) is 17.7 Å². The van der Waals surface area contributed by atoms with Crippen LogP contribution in [0.4, 0.5) is 24.8 Å². The molecule has 160 valence electrons. The van der Waals surface area contributed by atoms with Gasteiger partial charge < -0.3 is 15.7 Å². The topological polar surface area (TPSA) is 126 Å². The molecule has 0 aliphatic rings. The summed E-state index contributed by atoms with van der Waals surface area (Å²) < 4.78 is 39.4. The number of carbonyl (C=O) groups is 1. The number of amides is 1. The first-order valence-corrected chi connectivity index (χ1v) is 8.80. The van der Waals surface area contributed by atoms with Crippen LogP contribution in [-0.2, 0) is 6.54 Å². The Bertz CT molecular complexity index is 1120. The van der Waals surface area contributed by atoms with Crippen LogP contribution in [0.15, 0.2) is 29.5 Å². The van der Waals surface area contributed by atoms with E-state index >= 15 is 0 Å². The number of halogens is 3. The summed E-state index contributed by atoms with van der Waals surface area (Å²) in [6, 6.07) is 1.44. The molecule has 0 saturated carbocycles. The predicted octanol–water partition coefficient (Wildman–Crippen LogP) is 1.68. The van der Waals surface area contributed by atoms with Gasteiger partial charge >= 0.3 is 6.18 Å². The van der Waals surface area contributed by atoms with Crippen LogP contribution in [0.25, 0.3) is 5.65 Å². The lowest BCUT2D eigenvalue weighted by Crippen LogP contribution is -2.38. The molecule has 0 fully saturated rings. The van der Waals surface area contributed by atoms with Crippen molar-refractivity contribution in [3.8, 4) is 5.88 Å². The fourth-order valence-corrected chi connectivity index (χ4v) is 2.73. The highest BCUT2D eigenvalue weighted by Gasteiger charge is 2.30. The predicted molar refractivity (Wildman–Crippen MR) is 99.7 cm³/mol. The van der Waals surface area contributed by atoms with Crippen molar-refractivity contribution in [3.05, 3.63) is 40.6 Å². The third-order valence-corrected chi connectivity index (χ3v) is 3.90. The molecule has 3 N–H and O–H groups in total. The molecular formula is C17H18F3N7O3. The molecule has 10 nitrogen and oxygen atoms in total. The number of rotatable bonds is 6. The highest BCUT2D eigenvalue weighted by molar-refractivity contribution is 5.96. The fourth-order valence-electron chi connectivity index (χ4n) is 2.73. The summed E-state index contributed by atoms with van der Waals surface area (Å²) in [7, 11) is 0. The van der Waals surface area contributed by atoms with Gasteiger partial charge in [0.2, 0.25) is 5.88 Å². The quantitative estimate of drug-likeness (QED) is 0.549. The van der Waals surface area contributed by atoms with E-state index in [2.05, 4.69) is 20.4 Å². The van der Waals surface area contributed by atoms with Crippen molar-refractivity contribution in [2.24, 2.45) is 5.92 Å². The molecule has 0 bridgehead atoms. The molecule has 0 aliphatic carbocycles. The molecule has 3 heterocycles. The average molecular weight is 425 g/mol. The van der Waals surface area contributed by atoms with E-state index < -0.39 is 35.6 Å². The van der Waals surface area contributed by atoms with Gasteiger partial charge in [0, 0.05) is 25.0 Å². The number of aromatic hydroxyl groups is 1. The molecule has 3 aromatic rings. The van der Waals surface area contributed by atoms with Crippen molar-refractivity contribution in [1.82, 2.24) is 29.5 Å². The number of fused-ring (bicyclic) bond motifs is 1. The van der Waals surface area contributed by atoms with Crippen LogP contribution in [0, 0.1) is 5.92 Å². The monoisotopic (exact) mass is 425 g/mol. The minimum atomic E-state index is -4.67. The first-order chi connectivity index (χ1) is 14.1. The van der Waals surface area contributed by atoms with Gasteiger partial charge in [0.25, 0.3) is 11.5 Å². The van der Waals surface area contributed by atoms with E-state index in [0.717, 1.165) is 4.52 Å². The van der Waals surface area contributed by atoms with Gasteiger partial charge in [-0.3, -0.25) is 19.1 Å². The van der Waals surface area contributed by atoms with Gasteiger partial charge in [-0.25, -0.2) is 4.98 Å². The van der Waals surface area contributed by atoms with E-state index in [1.165, 1.54) is 29.2 Å². The van der Waals surface area contributed by atoms with Gasteiger partial charge in [-0.15, -0.1) is 5.10 Å². The molecule has 0 radical (unpaired) electrons. The van der Waals surface area contributed by atoms with Crippen molar-refractivity contribution in [2.45, 2.75) is 26.6 Å². The normalized spacial score (nSPS) is 11.8. The van der Waals surface area contributed by atoms with Crippen molar-refractivity contribution in [2.75, 3.05) is 11.9 Å². The number of alkyl halides is 3. The van der Waals surface area contributed by atoms with Crippen molar-refractivity contribution in [3.63, 3.8) is 0 Å². The number of aromatic nitrogens is 5. The summed E-state index contributed by atoms with van der Waals surface area (Å²) in [6.45, 7) is 2.18. The SMILES string of the molecule is CC(C)Cn1c(O)c(C(=O)NCC(F)(F)F)c(=O)n2nc(Nc3cnccn3)cc12. The summed E-state index contributed by atoms with van der Waals surface area (Å²) in [6.07, 6.45) is -0.361. The smallest absolute Gasteiger partial charge is 0.405 e. The first kappa shape index (κ1) is 21.1. The van der Waals surface area contributed by atoms with E-state index in [1.807, 2.05) is 13.8 Å². The van der Waals surface area contributed by atoms with Gasteiger partial charge in [0.15, 0.2) is 11.4 Å². The first-order valence-electron chi connectivity index (χ1n) is 8.80. The summed E-state index contributed by atoms with van der Waals surface area (Å²) in [5, 5.41) is 19.0. The minimum absolute atomic E-state index is 0.0282. The molecule has 0 unspecified atom stereocenters. The number of hydrogen-bond acceptors (Lipinski definition) is 7. The molecule has 13 heteroatoms. The maximum absolute atomic E-state index is 12.7. The molecular weight excluding hydrogens is 407 g/mol. The summed E-state index contributed by atoms with van der Waals surface area (Å²) in [5.74, 6) is -1.63. The van der Waals surface area contributed by atoms with Gasteiger partial charge in [0.05, 0.1) is 6.20 Å². The van der Waals surface area contributed by atoms with Crippen molar-refractivity contribution < 1.29 is 23.1 Å². The van der Waals surface area contributed by atoms with Gasteiger partial charge in [0.1, 0.15) is 18.0 Å². The van der Waals surface area contributed by atoms with Crippen LogP contribution >= 0.6 is 0 Å². The standard InChI is InChI=1S/C17H18F3N7O3/c1-9(2)7-26-12-5-10(24-11-6-21-3-4-22-11)25-27(12)16(30)13(15(26)29)14(28)23-8-17(18,19)20/h3-6,9,29H,7-8H2,1-2H3,(H,23,28)(H,22,24,25). The highest BCUT2D eigenvalue weighted by atomic mass is 19.4. The number of nitrogens with zero attached hydrogens (tertiary/aromatic N) is 5. The Morgan fingerprint density at radius 3 is 2.60 bits per heavy atom. The second kappa shape index (κ2) is 8.00. The van der Waals surface area contributed by atoms with Crippen LogP contribution in [0.5, 0.6) is 5.88 Å². The number of hydrogen-bond donors (Lipinski definition) is 3. The van der Waals surface area contributed by atoms with E-state index in [4.69, 9.17) is 0 Å². The summed E-state index contributed by atoms with van der Waals surface area (Å²) >= 11 is 0. The lowest BCUT2D eigenvalue weighted by Gasteiger charge is -2.16. The van der Waals surface area contributed by atoms with E-state index in [-0.39, 0.29) is 23.9 Å². The lowest BCUT2D eigenvalue weighted by molar-refractivity contribution is -0.123. The molecule has 0 saturated heterocycles. The van der Waals surface area contributed by atoms with E-state index in [9.17, 15) is 27.9 Å². The molecule has 0 atom stereocenters. The van der Waals surface area contributed by atoms with Crippen LogP contribution in [0.3, 0.4) is 0 Å². The Balaban J connectivity index is 2.11. The minimum Gasteiger partial charge on any atom is -0.494 e.